The van der Waals surface area contributed by atoms with Crippen molar-refractivity contribution >= 4 is 11.8 Å². The molecule has 2 aromatic rings. The molecule has 4 heteroatoms. The number of imide groups is 1. The van der Waals surface area contributed by atoms with Crippen molar-refractivity contribution in [1.82, 2.24) is 4.90 Å². The molecule has 0 aromatic heterocycles. The van der Waals surface area contributed by atoms with E-state index >= 15 is 0 Å². The number of fused-ring (bicyclic) bond motifs is 1. The average molecular weight is 291 g/mol. The van der Waals surface area contributed by atoms with Gasteiger partial charge in [-0.05, 0) is 30.3 Å². The molecule has 0 saturated carbocycles. The molecule has 0 saturated heterocycles. The molecule has 22 heavy (non-hydrogen) atoms. The first-order valence-corrected chi connectivity index (χ1v) is 6.79. The number of methoxy groups -OCH3 is 1. The number of amides is 2. The molecule has 2 amide bonds. The lowest BCUT2D eigenvalue weighted by atomic mass is 10.1. The Hall–Kier alpha value is -3.06. The zero-order valence-corrected chi connectivity index (χ0v) is 12.0. The van der Waals surface area contributed by atoms with Crippen molar-refractivity contribution in [2.45, 2.75) is 0 Å². The number of benzene rings is 2. The van der Waals surface area contributed by atoms with Gasteiger partial charge in [0.1, 0.15) is 5.75 Å². The van der Waals surface area contributed by atoms with Gasteiger partial charge >= 0.3 is 0 Å². The zero-order chi connectivity index (χ0) is 15.5. The van der Waals surface area contributed by atoms with Crippen LogP contribution in [-0.4, -0.2) is 30.4 Å². The maximum absolute atomic E-state index is 12.2. The van der Waals surface area contributed by atoms with Crippen LogP contribution in [0.25, 0.3) is 0 Å². The van der Waals surface area contributed by atoms with Gasteiger partial charge in [-0.25, -0.2) is 0 Å². The second-order valence-electron chi connectivity index (χ2n) is 4.78. The summed E-state index contributed by atoms with van der Waals surface area (Å²) in [7, 11) is 1.59. The van der Waals surface area contributed by atoms with Crippen LogP contribution in [-0.2, 0) is 0 Å². The van der Waals surface area contributed by atoms with Gasteiger partial charge in [-0.15, -0.1) is 0 Å². The molecule has 0 unspecified atom stereocenters. The third-order valence-corrected chi connectivity index (χ3v) is 3.42. The highest BCUT2D eigenvalue weighted by Gasteiger charge is 2.34. The lowest BCUT2D eigenvalue weighted by molar-refractivity contribution is 0.0675. The highest BCUT2D eigenvalue weighted by atomic mass is 16.5. The van der Waals surface area contributed by atoms with Gasteiger partial charge in [0.15, 0.2) is 0 Å². The predicted octanol–water partition coefficient (Wildman–Crippen LogP) is 2.34. The molecule has 0 N–H and O–H groups in total. The zero-order valence-electron chi connectivity index (χ0n) is 12.0. The van der Waals surface area contributed by atoms with E-state index in [0.717, 1.165) is 10.5 Å². The largest absolute Gasteiger partial charge is 0.497 e. The molecular weight excluding hydrogens is 278 g/mol. The molecule has 0 fully saturated rings. The summed E-state index contributed by atoms with van der Waals surface area (Å²) in [5.41, 5.74) is 1.65. The highest BCUT2D eigenvalue weighted by molar-refractivity contribution is 6.21. The predicted molar refractivity (Wildman–Crippen MR) is 81.7 cm³/mol. The number of rotatable bonds is 2. The van der Waals surface area contributed by atoms with Crippen molar-refractivity contribution in [3.05, 3.63) is 65.2 Å². The van der Waals surface area contributed by atoms with Crippen LogP contribution in [0.15, 0.2) is 48.5 Å². The highest BCUT2D eigenvalue weighted by Crippen LogP contribution is 2.21. The van der Waals surface area contributed by atoms with Crippen molar-refractivity contribution in [1.29, 1.82) is 0 Å². The normalized spacial score (nSPS) is 12.7. The molecule has 0 radical (unpaired) electrons. The Morgan fingerprint density at radius 2 is 1.68 bits per heavy atom. The molecule has 1 heterocycles. The summed E-state index contributed by atoms with van der Waals surface area (Å²) in [6, 6.07) is 14.1. The van der Waals surface area contributed by atoms with Crippen LogP contribution in [0.5, 0.6) is 5.75 Å². The van der Waals surface area contributed by atoms with Gasteiger partial charge in [0.05, 0.1) is 24.8 Å². The third-order valence-electron chi connectivity index (χ3n) is 3.42. The van der Waals surface area contributed by atoms with Crippen molar-refractivity contribution in [3.8, 4) is 17.6 Å². The molecule has 0 bridgehead atoms. The first kappa shape index (κ1) is 13.9. The molecule has 0 spiro atoms. The maximum atomic E-state index is 12.2. The fourth-order valence-corrected chi connectivity index (χ4v) is 2.30. The molecule has 1 aliphatic rings. The molecule has 108 valence electrons. The number of hydrogen-bond acceptors (Lipinski definition) is 3. The minimum Gasteiger partial charge on any atom is -0.497 e. The van der Waals surface area contributed by atoms with E-state index in [9.17, 15) is 9.59 Å². The lowest BCUT2D eigenvalue weighted by Crippen LogP contribution is -2.29. The number of carbonyl (C=O) groups excluding carboxylic acids is 2. The SMILES string of the molecule is COc1cccc(C#CCN2C(=O)c3ccccc3C2=O)c1. The van der Waals surface area contributed by atoms with E-state index in [2.05, 4.69) is 11.8 Å². The van der Waals surface area contributed by atoms with Crippen LogP contribution in [0.4, 0.5) is 0 Å². The van der Waals surface area contributed by atoms with E-state index in [-0.39, 0.29) is 18.4 Å². The quantitative estimate of drug-likeness (QED) is 0.630. The third kappa shape index (κ3) is 2.45. The van der Waals surface area contributed by atoms with Crippen molar-refractivity contribution in [3.63, 3.8) is 0 Å². The van der Waals surface area contributed by atoms with Crippen LogP contribution in [0, 0.1) is 11.8 Å². The smallest absolute Gasteiger partial charge is 0.262 e. The summed E-state index contributed by atoms with van der Waals surface area (Å²) in [5, 5.41) is 0. The average Bonchev–Trinajstić information content (AvgIpc) is 2.80. The fraction of sp³-hybridized carbons (Fsp3) is 0.111. The van der Waals surface area contributed by atoms with E-state index in [1.54, 1.807) is 37.4 Å². The van der Waals surface area contributed by atoms with E-state index in [1.807, 2.05) is 18.2 Å². The van der Waals surface area contributed by atoms with Crippen LogP contribution in [0.2, 0.25) is 0 Å². The summed E-state index contributed by atoms with van der Waals surface area (Å²) in [5.74, 6) is 5.94. The van der Waals surface area contributed by atoms with Crippen molar-refractivity contribution < 1.29 is 14.3 Å². The van der Waals surface area contributed by atoms with Gasteiger partial charge in [0.25, 0.3) is 11.8 Å². The Balaban J connectivity index is 1.77. The number of nitrogens with zero attached hydrogens (tertiary/aromatic N) is 1. The summed E-state index contributed by atoms with van der Waals surface area (Å²) in [6.45, 7) is 0.0730. The molecule has 4 nitrogen and oxygen atoms in total. The Labute approximate surface area is 128 Å². The summed E-state index contributed by atoms with van der Waals surface area (Å²) in [6.07, 6.45) is 0. The summed E-state index contributed by atoms with van der Waals surface area (Å²) >= 11 is 0. The second-order valence-corrected chi connectivity index (χ2v) is 4.78. The fourth-order valence-electron chi connectivity index (χ4n) is 2.30. The Morgan fingerprint density at radius 3 is 2.32 bits per heavy atom. The van der Waals surface area contributed by atoms with E-state index in [4.69, 9.17) is 4.74 Å². The number of hydrogen-bond donors (Lipinski definition) is 0. The Kier molecular flexibility index (Phi) is 3.63. The van der Waals surface area contributed by atoms with Crippen molar-refractivity contribution in [2.24, 2.45) is 0 Å². The van der Waals surface area contributed by atoms with Gasteiger partial charge in [0, 0.05) is 5.56 Å². The van der Waals surface area contributed by atoms with Gasteiger partial charge in [0.2, 0.25) is 0 Å². The van der Waals surface area contributed by atoms with Crippen LogP contribution < -0.4 is 4.74 Å². The van der Waals surface area contributed by atoms with Gasteiger partial charge < -0.3 is 4.74 Å². The van der Waals surface area contributed by atoms with Crippen molar-refractivity contribution in [2.75, 3.05) is 13.7 Å². The van der Waals surface area contributed by atoms with Crippen LogP contribution in [0.3, 0.4) is 0 Å². The number of carbonyl (C=O) groups is 2. The number of ether oxygens (including phenoxy) is 1. The van der Waals surface area contributed by atoms with Gasteiger partial charge in [-0.2, -0.15) is 0 Å². The summed E-state index contributed by atoms with van der Waals surface area (Å²) in [4.78, 5) is 25.5. The Morgan fingerprint density at radius 1 is 1.00 bits per heavy atom. The van der Waals surface area contributed by atoms with Crippen LogP contribution >= 0.6 is 0 Å². The molecular formula is C18H13NO3. The standard InChI is InChI=1S/C18H13NO3/c1-22-14-8-4-6-13(12-14)7-5-11-19-17(20)15-9-2-3-10-16(15)18(19)21/h2-4,6,8-10,12H,11H2,1H3. The van der Waals surface area contributed by atoms with Gasteiger partial charge in [-0.1, -0.05) is 30.0 Å². The molecule has 2 aromatic carbocycles. The first-order valence-electron chi connectivity index (χ1n) is 6.79. The minimum absolute atomic E-state index is 0.0730. The molecule has 0 atom stereocenters. The van der Waals surface area contributed by atoms with E-state index < -0.39 is 0 Å². The molecule has 0 aliphatic carbocycles. The second kappa shape index (κ2) is 5.74. The molecule has 3 rings (SSSR count). The van der Waals surface area contributed by atoms with E-state index in [0.29, 0.717) is 16.9 Å². The first-order chi connectivity index (χ1) is 10.7. The van der Waals surface area contributed by atoms with Crippen LogP contribution in [0.1, 0.15) is 26.3 Å². The molecule has 1 aliphatic heterocycles. The lowest BCUT2D eigenvalue weighted by Gasteiger charge is -2.08. The maximum Gasteiger partial charge on any atom is 0.262 e. The van der Waals surface area contributed by atoms with E-state index in [1.165, 1.54) is 0 Å². The topological polar surface area (TPSA) is 46.6 Å². The minimum atomic E-state index is -0.291. The summed E-state index contributed by atoms with van der Waals surface area (Å²) < 4.78 is 5.12. The monoisotopic (exact) mass is 291 g/mol. The van der Waals surface area contributed by atoms with Gasteiger partial charge in [-0.3, -0.25) is 14.5 Å². The Bertz CT molecular complexity index is 779.